The van der Waals surface area contributed by atoms with Gasteiger partial charge in [-0.3, -0.25) is 4.79 Å². The first-order valence-corrected chi connectivity index (χ1v) is 6.44. The molecule has 2 rings (SSSR count). The molecule has 5 heteroatoms. The van der Waals surface area contributed by atoms with Crippen molar-refractivity contribution in [1.82, 2.24) is 15.3 Å². The predicted molar refractivity (Wildman–Crippen MR) is 69.2 cm³/mol. The van der Waals surface area contributed by atoms with Gasteiger partial charge in [0.25, 0.3) is 5.91 Å². The summed E-state index contributed by atoms with van der Waals surface area (Å²) in [7, 11) is 0. The number of amides is 1. The molecule has 1 aromatic rings. The van der Waals surface area contributed by atoms with Crippen LogP contribution in [0.2, 0.25) is 0 Å². The second-order valence-electron chi connectivity index (χ2n) is 5.13. The number of hydrogen-bond donors (Lipinski definition) is 2. The van der Waals surface area contributed by atoms with Crippen molar-refractivity contribution in [3.05, 3.63) is 23.8 Å². The maximum atomic E-state index is 12.2. The Labute approximate surface area is 107 Å². The molecule has 1 aromatic heterocycles. The van der Waals surface area contributed by atoms with E-state index in [0.717, 1.165) is 18.5 Å². The highest BCUT2D eigenvalue weighted by Gasteiger charge is 2.32. The molecule has 0 saturated heterocycles. The fourth-order valence-electron chi connectivity index (χ4n) is 2.09. The number of nitrogens with zero attached hydrogens (tertiary/aromatic N) is 2. The average molecular weight is 248 g/mol. The van der Waals surface area contributed by atoms with Gasteiger partial charge in [-0.15, -0.1) is 0 Å². The Morgan fingerprint density at radius 2 is 2.28 bits per heavy atom. The van der Waals surface area contributed by atoms with Gasteiger partial charge in [-0.25, -0.2) is 9.97 Å². The van der Waals surface area contributed by atoms with Crippen molar-refractivity contribution < 1.29 is 4.79 Å². The van der Waals surface area contributed by atoms with Crippen molar-refractivity contribution in [2.45, 2.75) is 38.6 Å². The second kappa shape index (κ2) is 5.44. The highest BCUT2D eigenvalue weighted by molar-refractivity contribution is 5.95. The fraction of sp³-hybridized carbons (Fsp3) is 0.615. The molecule has 1 unspecified atom stereocenters. The summed E-state index contributed by atoms with van der Waals surface area (Å²) in [4.78, 5) is 20.4. The van der Waals surface area contributed by atoms with Gasteiger partial charge in [0.15, 0.2) is 0 Å². The van der Waals surface area contributed by atoms with Gasteiger partial charge in [0.05, 0.1) is 11.3 Å². The van der Waals surface area contributed by atoms with Gasteiger partial charge in [0.2, 0.25) is 0 Å². The first kappa shape index (κ1) is 13.0. The molecule has 1 atom stereocenters. The van der Waals surface area contributed by atoms with Gasteiger partial charge >= 0.3 is 0 Å². The summed E-state index contributed by atoms with van der Waals surface area (Å²) in [6, 6.07) is 0.0812. The number of rotatable bonds is 5. The topological polar surface area (TPSA) is 80.9 Å². The molecule has 1 amide bonds. The molecule has 1 aliphatic carbocycles. The van der Waals surface area contributed by atoms with Crippen LogP contribution in [0.25, 0.3) is 0 Å². The molecule has 1 saturated carbocycles. The van der Waals surface area contributed by atoms with Crippen LogP contribution in [-0.4, -0.2) is 28.5 Å². The van der Waals surface area contributed by atoms with Crippen LogP contribution in [0.3, 0.4) is 0 Å². The van der Waals surface area contributed by atoms with E-state index in [1.807, 2.05) is 13.8 Å². The molecule has 1 aliphatic rings. The van der Waals surface area contributed by atoms with Crippen LogP contribution in [0.4, 0.5) is 0 Å². The summed E-state index contributed by atoms with van der Waals surface area (Å²) in [5.41, 5.74) is 7.04. The van der Waals surface area contributed by atoms with Crippen molar-refractivity contribution in [3.8, 4) is 0 Å². The van der Waals surface area contributed by atoms with Crippen LogP contribution in [0, 0.1) is 5.92 Å². The van der Waals surface area contributed by atoms with Crippen molar-refractivity contribution in [2.75, 3.05) is 6.54 Å². The standard InChI is InChI=1S/C13H20N4O/c1-8(2)12-10(6-15-7-16-12)13(18)17-11(5-14)9-3-4-9/h6-9,11H,3-5,14H2,1-2H3,(H,17,18). The first-order valence-electron chi connectivity index (χ1n) is 6.44. The molecule has 3 N–H and O–H groups in total. The Bertz CT molecular complexity index is 429. The molecule has 5 nitrogen and oxygen atoms in total. The van der Waals surface area contributed by atoms with E-state index in [1.54, 1.807) is 6.20 Å². The Morgan fingerprint density at radius 3 is 2.83 bits per heavy atom. The van der Waals surface area contributed by atoms with Crippen LogP contribution in [0.15, 0.2) is 12.5 Å². The van der Waals surface area contributed by atoms with Gasteiger partial charge in [-0.2, -0.15) is 0 Å². The van der Waals surface area contributed by atoms with E-state index >= 15 is 0 Å². The second-order valence-corrected chi connectivity index (χ2v) is 5.13. The maximum Gasteiger partial charge on any atom is 0.254 e. The van der Waals surface area contributed by atoms with Crippen molar-refractivity contribution in [1.29, 1.82) is 0 Å². The Morgan fingerprint density at radius 1 is 1.56 bits per heavy atom. The average Bonchev–Trinajstić information content (AvgIpc) is 3.19. The van der Waals surface area contributed by atoms with Gasteiger partial charge in [0, 0.05) is 18.8 Å². The minimum atomic E-state index is -0.110. The number of nitrogens with one attached hydrogen (secondary N) is 1. The normalized spacial score (nSPS) is 16.7. The number of carbonyl (C=O) groups excluding carboxylic acids is 1. The van der Waals surface area contributed by atoms with E-state index in [0.29, 0.717) is 18.0 Å². The molecule has 0 spiro atoms. The van der Waals surface area contributed by atoms with E-state index in [2.05, 4.69) is 15.3 Å². The van der Waals surface area contributed by atoms with E-state index in [9.17, 15) is 4.79 Å². The summed E-state index contributed by atoms with van der Waals surface area (Å²) in [5, 5.41) is 3.00. The minimum absolute atomic E-state index is 0.0812. The van der Waals surface area contributed by atoms with Crippen molar-refractivity contribution in [2.24, 2.45) is 11.7 Å². The number of hydrogen-bond acceptors (Lipinski definition) is 4. The van der Waals surface area contributed by atoms with Gasteiger partial charge < -0.3 is 11.1 Å². The summed E-state index contributed by atoms with van der Waals surface area (Å²) >= 11 is 0. The molecule has 0 aromatic carbocycles. The highest BCUT2D eigenvalue weighted by atomic mass is 16.1. The summed E-state index contributed by atoms with van der Waals surface area (Å²) < 4.78 is 0. The number of carbonyl (C=O) groups is 1. The Kier molecular flexibility index (Phi) is 3.91. The van der Waals surface area contributed by atoms with E-state index in [4.69, 9.17) is 5.73 Å². The fourth-order valence-corrected chi connectivity index (χ4v) is 2.09. The van der Waals surface area contributed by atoms with E-state index in [-0.39, 0.29) is 17.9 Å². The maximum absolute atomic E-state index is 12.2. The molecule has 18 heavy (non-hydrogen) atoms. The number of nitrogens with two attached hydrogens (primary N) is 1. The van der Waals surface area contributed by atoms with E-state index < -0.39 is 0 Å². The zero-order valence-corrected chi connectivity index (χ0v) is 10.9. The number of aromatic nitrogens is 2. The highest BCUT2D eigenvalue weighted by Crippen LogP contribution is 2.32. The van der Waals surface area contributed by atoms with Gasteiger partial charge in [-0.1, -0.05) is 13.8 Å². The summed E-state index contributed by atoms with van der Waals surface area (Å²) in [6.45, 7) is 4.52. The van der Waals surface area contributed by atoms with Crippen LogP contribution < -0.4 is 11.1 Å². The van der Waals surface area contributed by atoms with Crippen LogP contribution in [0.5, 0.6) is 0 Å². The van der Waals surface area contributed by atoms with Crippen LogP contribution in [-0.2, 0) is 0 Å². The molecule has 0 bridgehead atoms. The lowest BCUT2D eigenvalue weighted by Crippen LogP contribution is -2.42. The minimum Gasteiger partial charge on any atom is -0.348 e. The van der Waals surface area contributed by atoms with Gasteiger partial charge in [-0.05, 0) is 24.7 Å². The van der Waals surface area contributed by atoms with Crippen LogP contribution >= 0.6 is 0 Å². The van der Waals surface area contributed by atoms with Crippen molar-refractivity contribution in [3.63, 3.8) is 0 Å². The largest absolute Gasteiger partial charge is 0.348 e. The molecule has 0 aliphatic heterocycles. The first-order chi connectivity index (χ1) is 8.63. The molecular formula is C13H20N4O. The zero-order valence-electron chi connectivity index (χ0n) is 10.9. The smallest absolute Gasteiger partial charge is 0.254 e. The Balaban J connectivity index is 2.12. The van der Waals surface area contributed by atoms with Crippen molar-refractivity contribution >= 4 is 5.91 Å². The third-order valence-electron chi connectivity index (χ3n) is 3.30. The lowest BCUT2D eigenvalue weighted by atomic mass is 10.0. The summed E-state index contributed by atoms with van der Waals surface area (Å²) in [6.07, 6.45) is 5.38. The zero-order chi connectivity index (χ0) is 13.1. The third-order valence-corrected chi connectivity index (χ3v) is 3.30. The SMILES string of the molecule is CC(C)c1ncncc1C(=O)NC(CN)C1CC1. The molecule has 98 valence electrons. The predicted octanol–water partition coefficient (Wildman–Crippen LogP) is 1.07. The molecule has 1 fully saturated rings. The van der Waals surface area contributed by atoms with Crippen LogP contribution in [0.1, 0.15) is 48.7 Å². The quantitative estimate of drug-likeness (QED) is 0.816. The lowest BCUT2D eigenvalue weighted by Gasteiger charge is -2.17. The monoisotopic (exact) mass is 248 g/mol. The third kappa shape index (κ3) is 2.85. The molecule has 0 radical (unpaired) electrons. The molecule has 1 heterocycles. The summed E-state index contributed by atoms with van der Waals surface area (Å²) in [5.74, 6) is 0.638. The Hall–Kier alpha value is -1.49. The van der Waals surface area contributed by atoms with E-state index in [1.165, 1.54) is 6.33 Å². The molecular weight excluding hydrogens is 228 g/mol. The van der Waals surface area contributed by atoms with Gasteiger partial charge in [0.1, 0.15) is 6.33 Å². The lowest BCUT2D eigenvalue weighted by molar-refractivity contribution is 0.0931.